The molecule has 0 spiro atoms. The van der Waals surface area contributed by atoms with Crippen molar-refractivity contribution < 1.29 is 4.79 Å². The molecule has 0 aromatic carbocycles. The molecular weight excluding hydrogens is 278 g/mol. The molecule has 2 fully saturated rings. The van der Waals surface area contributed by atoms with E-state index in [1.807, 2.05) is 6.07 Å². The first kappa shape index (κ1) is 13.6. The minimum atomic E-state index is 0.298. The molecule has 0 amide bonds. The zero-order valence-corrected chi connectivity index (χ0v) is 12.7. The van der Waals surface area contributed by atoms with Gasteiger partial charge in [-0.25, -0.2) is 0 Å². The second kappa shape index (κ2) is 5.94. The number of nitrogens with zero attached hydrogens (tertiary/aromatic N) is 1. The molecule has 104 valence electrons. The van der Waals surface area contributed by atoms with Gasteiger partial charge < -0.3 is 0 Å². The Morgan fingerprint density at radius 3 is 2.89 bits per heavy atom. The van der Waals surface area contributed by atoms with Crippen molar-refractivity contribution >= 4 is 28.7 Å². The van der Waals surface area contributed by atoms with Gasteiger partial charge in [-0.2, -0.15) is 0 Å². The van der Waals surface area contributed by atoms with Gasteiger partial charge in [0, 0.05) is 29.8 Å². The lowest BCUT2D eigenvalue weighted by molar-refractivity contribution is -0.126. The first-order valence-electron chi connectivity index (χ1n) is 7.25. The molecule has 1 aromatic rings. The topological polar surface area (TPSA) is 20.3 Å². The molecule has 2 aliphatic rings. The van der Waals surface area contributed by atoms with Crippen molar-refractivity contribution in [2.45, 2.75) is 51.1 Å². The fraction of sp³-hybridized carbons (Fsp3) is 0.667. The predicted octanol–water partition coefficient (Wildman–Crippen LogP) is 4.13. The Hall–Kier alpha value is -0.380. The second-order valence-electron chi connectivity index (χ2n) is 5.70. The summed E-state index contributed by atoms with van der Waals surface area (Å²) in [7, 11) is 0. The van der Waals surface area contributed by atoms with Crippen LogP contribution in [-0.2, 0) is 11.3 Å². The normalized spacial score (nSPS) is 29.0. The summed E-state index contributed by atoms with van der Waals surface area (Å²) in [5.41, 5.74) is 0. The molecular formula is C15H20ClNOS. The van der Waals surface area contributed by atoms with Crippen LogP contribution in [0.1, 0.15) is 43.4 Å². The predicted molar refractivity (Wildman–Crippen MR) is 79.7 cm³/mol. The van der Waals surface area contributed by atoms with Crippen molar-refractivity contribution in [1.29, 1.82) is 0 Å². The van der Waals surface area contributed by atoms with Gasteiger partial charge in [-0.15, -0.1) is 11.3 Å². The molecule has 0 radical (unpaired) electrons. The minimum absolute atomic E-state index is 0.298. The number of carbonyl (C=O) groups is 1. The lowest BCUT2D eigenvalue weighted by Gasteiger charge is -2.32. The van der Waals surface area contributed by atoms with Crippen LogP contribution in [0.4, 0.5) is 0 Å². The molecule has 19 heavy (non-hydrogen) atoms. The fourth-order valence-corrected chi connectivity index (χ4v) is 4.67. The van der Waals surface area contributed by atoms with Gasteiger partial charge in [0.05, 0.1) is 4.34 Å². The number of carbonyl (C=O) groups excluding carboxylic acids is 1. The van der Waals surface area contributed by atoms with E-state index in [9.17, 15) is 4.79 Å². The van der Waals surface area contributed by atoms with E-state index in [2.05, 4.69) is 11.0 Å². The van der Waals surface area contributed by atoms with Crippen molar-refractivity contribution in [1.82, 2.24) is 4.90 Å². The van der Waals surface area contributed by atoms with Gasteiger partial charge in [0.15, 0.2) is 0 Å². The van der Waals surface area contributed by atoms with Crippen molar-refractivity contribution in [3.63, 3.8) is 0 Å². The van der Waals surface area contributed by atoms with Crippen molar-refractivity contribution in [2.24, 2.45) is 5.92 Å². The second-order valence-corrected chi connectivity index (χ2v) is 7.50. The number of Topliss-reactive ketones (excluding diaryl/α,β-unsaturated/α-hetero) is 1. The molecule has 1 saturated carbocycles. The summed E-state index contributed by atoms with van der Waals surface area (Å²) in [5, 5.41) is 0. The lowest BCUT2D eigenvalue weighted by Crippen LogP contribution is -2.40. The van der Waals surface area contributed by atoms with Gasteiger partial charge in [0.2, 0.25) is 0 Å². The molecule has 2 atom stereocenters. The molecule has 0 N–H and O–H groups in total. The van der Waals surface area contributed by atoms with Crippen LogP contribution in [0, 0.1) is 5.92 Å². The van der Waals surface area contributed by atoms with Crippen LogP contribution in [0.2, 0.25) is 4.34 Å². The summed E-state index contributed by atoms with van der Waals surface area (Å²) in [6, 6.07) is 4.57. The third kappa shape index (κ3) is 3.04. The molecule has 0 bridgehead atoms. The highest BCUT2D eigenvalue weighted by Crippen LogP contribution is 2.34. The Morgan fingerprint density at radius 1 is 1.26 bits per heavy atom. The highest BCUT2D eigenvalue weighted by molar-refractivity contribution is 7.16. The van der Waals surface area contributed by atoms with E-state index >= 15 is 0 Å². The average Bonchev–Trinajstić information content (AvgIpc) is 3.00. The molecule has 2 heterocycles. The van der Waals surface area contributed by atoms with Gasteiger partial charge in [0.25, 0.3) is 0 Å². The molecule has 1 aromatic heterocycles. The summed E-state index contributed by atoms with van der Waals surface area (Å²) in [6.07, 6.45) is 6.66. The van der Waals surface area contributed by atoms with Gasteiger partial charge in [-0.1, -0.05) is 18.0 Å². The van der Waals surface area contributed by atoms with Gasteiger partial charge in [-0.05, 0) is 44.4 Å². The van der Waals surface area contributed by atoms with E-state index in [-0.39, 0.29) is 0 Å². The number of hydrogen-bond acceptors (Lipinski definition) is 3. The van der Waals surface area contributed by atoms with Crippen LogP contribution >= 0.6 is 22.9 Å². The Kier molecular flexibility index (Phi) is 4.25. The molecule has 2 unspecified atom stereocenters. The third-order valence-electron chi connectivity index (χ3n) is 4.47. The summed E-state index contributed by atoms with van der Waals surface area (Å²) in [4.78, 5) is 16.0. The number of hydrogen-bond donors (Lipinski definition) is 0. The molecule has 3 rings (SSSR count). The Bertz CT molecular complexity index is 459. The summed E-state index contributed by atoms with van der Waals surface area (Å²) in [6.45, 7) is 2.09. The monoisotopic (exact) mass is 297 g/mol. The molecule has 4 heteroatoms. The molecule has 2 nitrogen and oxygen atoms in total. The third-order valence-corrected chi connectivity index (χ3v) is 5.68. The number of ketones is 1. The smallest absolute Gasteiger partial charge is 0.137 e. The van der Waals surface area contributed by atoms with E-state index in [0.717, 1.165) is 36.7 Å². The van der Waals surface area contributed by atoms with Gasteiger partial charge in [-0.3, -0.25) is 9.69 Å². The molecule has 1 saturated heterocycles. The van der Waals surface area contributed by atoms with E-state index in [1.54, 1.807) is 11.3 Å². The minimum Gasteiger partial charge on any atom is -0.299 e. The number of likely N-dealkylation sites (tertiary alicyclic amines) is 1. The zero-order valence-electron chi connectivity index (χ0n) is 11.1. The SMILES string of the molecule is O=C1CCCCC1C1CCCN1Cc1ccc(Cl)s1. The summed E-state index contributed by atoms with van der Waals surface area (Å²) in [5.74, 6) is 0.805. The average molecular weight is 298 g/mol. The molecule has 1 aliphatic heterocycles. The van der Waals surface area contributed by atoms with Crippen LogP contribution in [-0.4, -0.2) is 23.3 Å². The first-order valence-corrected chi connectivity index (χ1v) is 8.44. The van der Waals surface area contributed by atoms with Crippen molar-refractivity contribution in [2.75, 3.05) is 6.54 Å². The highest BCUT2D eigenvalue weighted by atomic mass is 35.5. The van der Waals surface area contributed by atoms with Crippen LogP contribution in [0.15, 0.2) is 12.1 Å². The van der Waals surface area contributed by atoms with Crippen molar-refractivity contribution in [3.05, 3.63) is 21.3 Å². The maximum atomic E-state index is 12.1. The zero-order chi connectivity index (χ0) is 13.2. The van der Waals surface area contributed by atoms with Crippen molar-refractivity contribution in [3.8, 4) is 0 Å². The Balaban J connectivity index is 1.68. The number of halogens is 1. The standard InChI is InChI=1S/C15H20ClNOS/c16-15-8-7-11(19-15)10-17-9-3-5-13(17)12-4-1-2-6-14(12)18/h7-8,12-13H,1-6,9-10H2. The Labute approximate surface area is 123 Å². The quantitative estimate of drug-likeness (QED) is 0.836. The summed E-state index contributed by atoms with van der Waals surface area (Å²) < 4.78 is 0.861. The lowest BCUT2D eigenvalue weighted by atomic mass is 9.82. The van der Waals surface area contributed by atoms with Gasteiger partial charge >= 0.3 is 0 Å². The number of rotatable bonds is 3. The van der Waals surface area contributed by atoms with E-state index < -0.39 is 0 Å². The highest BCUT2D eigenvalue weighted by Gasteiger charge is 2.36. The van der Waals surface area contributed by atoms with E-state index in [0.29, 0.717) is 17.7 Å². The van der Waals surface area contributed by atoms with Gasteiger partial charge in [0.1, 0.15) is 5.78 Å². The van der Waals surface area contributed by atoms with Crippen LogP contribution < -0.4 is 0 Å². The van der Waals surface area contributed by atoms with E-state index in [4.69, 9.17) is 11.6 Å². The first-order chi connectivity index (χ1) is 9.24. The molecule has 1 aliphatic carbocycles. The summed E-state index contributed by atoms with van der Waals surface area (Å²) >= 11 is 7.66. The largest absolute Gasteiger partial charge is 0.299 e. The van der Waals surface area contributed by atoms with E-state index in [1.165, 1.54) is 24.1 Å². The maximum Gasteiger partial charge on any atom is 0.137 e. The number of thiophene rings is 1. The maximum absolute atomic E-state index is 12.1. The van der Waals surface area contributed by atoms with Crippen LogP contribution in [0.5, 0.6) is 0 Å². The Morgan fingerprint density at radius 2 is 2.16 bits per heavy atom. The van der Waals surface area contributed by atoms with Crippen LogP contribution in [0.3, 0.4) is 0 Å². The fourth-order valence-electron chi connectivity index (χ4n) is 3.56. The van der Waals surface area contributed by atoms with Crippen LogP contribution in [0.25, 0.3) is 0 Å².